The highest BCUT2D eigenvalue weighted by molar-refractivity contribution is 7.91. The number of anilines is 1. The number of benzene rings is 2. The standard InChI is InChI=1S/C21H23NO6S/c1-15(27-20(23)13-16-11-12-29(25,26)14-16)21(24)22-17-7-9-19(10-8-17)28-18-5-3-2-4-6-18/h2-10,15-16H,11-14H2,1H3,(H,22,24)/t15-,16-/m1/s1. The Labute approximate surface area is 169 Å². The normalized spacial score (nSPS) is 18.6. The van der Waals surface area contributed by atoms with Crippen molar-refractivity contribution in [1.82, 2.24) is 0 Å². The first kappa shape index (κ1) is 20.9. The monoisotopic (exact) mass is 417 g/mol. The number of carbonyl (C=O) groups is 2. The molecule has 1 aliphatic rings. The molecule has 7 nitrogen and oxygen atoms in total. The number of hydrogen-bond donors (Lipinski definition) is 1. The lowest BCUT2D eigenvalue weighted by molar-refractivity contribution is -0.153. The van der Waals surface area contributed by atoms with Crippen molar-refractivity contribution >= 4 is 27.4 Å². The molecule has 0 saturated carbocycles. The molecule has 0 radical (unpaired) electrons. The summed E-state index contributed by atoms with van der Waals surface area (Å²) in [6.45, 7) is 1.48. The summed E-state index contributed by atoms with van der Waals surface area (Å²) in [7, 11) is -3.05. The van der Waals surface area contributed by atoms with E-state index in [2.05, 4.69) is 5.32 Å². The molecule has 0 unspecified atom stereocenters. The maximum atomic E-state index is 12.2. The molecule has 154 valence electrons. The van der Waals surface area contributed by atoms with Gasteiger partial charge in [-0.1, -0.05) is 18.2 Å². The van der Waals surface area contributed by atoms with Crippen molar-refractivity contribution in [2.24, 2.45) is 5.92 Å². The minimum Gasteiger partial charge on any atom is -0.457 e. The van der Waals surface area contributed by atoms with Gasteiger partial charge in [0.05, 0.1) is 11.5 Å². The summed E-state index contributed by atoms with van der Waals surface area (Å²) in [4.78, 5) is 24.2. The Balaban J connectivity index is 1.47. The number of para-hydroxylation sites is 1. The highest BCUT2D eigenvalue weighted by atomic mass is 32.2. The molecule has 1 aliphatic heterocycles. The molecule has 1 saturated heterocycles. The van der Waals surface area contributed by atoms with Crippen molar-refractivity contribution in [3.63, 3.8) is 0 Å². The lowest BCUT2D eigenvalue weighted by Crippen LogP contribution is -2.30. The van der Waals surface area contributed by atoms with Gasteiger partial charge in [-0.15, -0.1) is 0 Å². The fourth-order valence-corrected chi connectivity index (χ4v) is 4.90. The average molecular weight is 417 g/mol. The molecule has 0 bridgehead atoms. The van der Waals surface area contributed by atoms with Crippen molar-refractivity contribution in [3.8, 4) is 11.5 Å². The van der Waals surface area contributed by atoms with Gasteiger partial charge in [-0.25, -0.2) is 8.42 Å². The molecule has 3 rings (SSSR count). The van der Waals surface area contributed by atoms with E-state index in [1.807, 2.05) is 30.3 Å². The number of rotatable bonds is 7. The van der Waals surface area contributed by atoms with E-state index >= 15 is 0 Å². The number of amides is 1. The number of hydrogen-bond acceptors (Lipinski definition) is 6. The van der Waals surface area contributed by atoms with E-state index in [9.17, 15) is 18.0 Å². The molecule has 8 heteroatoms. The number of nitrogens with one attached hydrogen (secondary N) is 1. The molecule has 0 spiro atoms. The first-order valence-corrected chi connectivity index (χ1v) is 11.2. The van der Waals surface area contributed by atoms with E-state index in [4.69, 9.17) is 9.47 Å². The van der Waals surface area contributed by atoms with Crippen molar-refractivity contribution in [2.75, 3.05) is 16.8 Å². The van der Waals surface area contributed by atoms with E-state index in [0.29, 0.717) is 23.6 Å². The highest BCUT2D eigenvalue weighted by Crippen LogP contribution is 2.24. The van der Waals surface area contributed by atoms with Crippen molar-refractivity contribution in [1.29, 1.82) is 0 Å². The number of esters is 1. The van der Waals surface area contributed by atoms with Crippen LogP contribution in [0.5, 0.6) is 11.5 Å². The van der Waals surface area contributed by atoms with Crippen LogP contribution in [-0.2, 0) is 24.2 Å². The third-order valence-corrected chi connectivity index (χ3v) is 6.40. The third kappa shape index (κ3) is 6.32. The van der Waals surface area contributed by atoms with Gasteiger partial charge in [-0.05, 0) is 55.7 Å². The summed E-state index contributed by atoms with van der Waals surface area (Å²) in [5, 5.41) is 2.68. The Bertz CT molecular complexity index is 956. The molecule has 2 atom stereocenters. The summed E-state index contributed by atoms with van der Waals surface area (Å²) < 4.78 is 33.8. The molecule has 1 heterocycles. The van der Waals surface area contributed by atoms with Gasteiger partial charge in [0.25, 0.3) is 5.91 Å². The van der Waals surface area contributed by atoms with Gasteiger partial charge in [-0.2, -0.15) is 0 Å². The molecule has 0 aliphatic carbocycles. The van der Waals surface area contributed by atoms with E-state index in [1.54, 1.807) is 24.3 Å². The Hall–Kier alpha value is -2.87. The van der Waals surface area contributed by atoms with Crippen LogP contribution in [0.3, 0.4) is 0 Å². The largest absolute Gasteiger partial charge is 0.457 e. The van der Waals surface area contributed by atoms with E-state index < -0.39 is 27.8 Å². The van der Waals surface area contributed by atoms with Gasteiger partial charge < -0.3 is 14.8 Å². The Kier molecular flexibility index (Phi) is 6.53. The Morgan fingerprint density at radius 1 is 1.07 bits per heavy atom. The zero-order chi connectivity index (χ0) is 20.9. The van der Waals surface area contributed by atoms with Gasteiger partial charge in [-0.3, -0.25) is 9.59 Å². The zero-order valence-corrected chi connectivity index (χ0v) is 16.9. The quantitative estimate of drug-likeness (QED) is 0.695. The van der Waals surface area contributed by atoms with Crippen LogP contribution in [0.15, 0.2) is 54.6 Å². The molecule has 2 aromatic rings. The minimum absolute atomic E-state index is 0.0000779. The number of sulfone groups is 1. The topological polar surface area (TPSA) is 98.8 Å². The molecule has 2 aromatic carbocycles. The van der Waals surface area contributed by atoms with Crippen LogP contribution in [0.25, 0.3) is 0 Å². The predicted molar refractivity (Wildman–Crippen MR) is 109 cm³/mol. The van der Waals surface area contributed by atoms with Crippen LogP contribution in [0.4, 0.5) is 5.69 Å². The van der Waals surface area contributed by atoms with Gasteiger partial charge in [0.1, 0.15) is 11.5 Å². The Morgan fingerprint density at radius 3 is 2.34 bits per heavy atom. The molecule has 1 amide bonds. The molecule has 29 heavy (non-hydrogen) atoms. The van der Waals surface area contributed by atoms with Crippen LogP contribution in [-0.4, -0.2) is 37.9 Å². The first-order chi connectivity index (χ1) is 13.8. The van der Waals surface area contributed by atoms with Crippen LogP contribution in [0.1, 0.15) is 19.8 Å². The number of carbonyl (C=O) groups excluding carboxylic acids is 2. The molecular weight excluding hydrogens is 394 g/mol. The predicted octanol–water partition coefficient (Wildman–Crippen LogP) is 3.17. The van der Waals surface area contributed by atoms with Crippen LogP contribution >= 0.6 is 0 Å². The maximum Gasteiger partial charge on any atom is 0.306 e. The molecule has 1 N–H and O–H groups in total. The highest BCUT2D eigenvalue weighted by Gasteiger charge is 2.30. The van der Waals surface area contributed by atoms with Crippen LogP contribution in [0.2, 0.25) is 0 Å². The lowest BCUT2D eigenvalue weighted by Gasteiger charge is -2.15. The van der Waals surface area contributed by atoms with Crippen molar-refractivity contribution in [2.45, 2.75) is 25.9 Å². The van der Waals surface area contributed by atoms with Gasteiger partial charge in [0.2, 0.25) is 0 Å². The van der Waals surface area contributed by atoms with Crippen molar-refractivity contribution < 1.29 is 27.5 Å². The summed E-state index contributed by atoms with van der Waals surface area (Å²) in [5.74, 6) is 0.167. The third-order valence-electron chi connectivity index (χ3n) is 4.56. The summed E-state index contributed by atoms with van der Waals surface area (Å²) >= 11 is 0. The average Bonchev–Trinajstić information content (AvgIpc) is 3.02. The first-order valence-electron chi connectivity index (χ1n) is 9.34. The second-order valence-electron chi connectivity index (χ2n) is 7.03. The molecule has 0 aromatic heterocycles. The molecule has 1 fully saturated rings. The summed E-state index contributed by atoms with van der Waals surface area (Å²) in [5.41, 5.74) is 0.542. The Morgan fingerprint density at radius 2 is 1.72 bits per heavy atom. The SMILES string of the molecule is C[C@@H](OC(=O)C[C@H]1CCS(=O)(=O)C1)C(=O)Nc1ccc(Oc2ccccc2)cc1. The summed E-state index contributed by atoms with van der Waals surface area (Å²) in [6.07, 6.45) is -0.529. The second kappa shape index (κ2) is 9.09. The fourth-order valence-electron chi connectivity index (χ4n) is 3.04. The van der Waals surface area contributed by atoms with Gasteiger partial charge >= 0.3 is 5.97 Å². The van der Waals surface area contributed by atoms with Crippen molar-refractivity contribution in [3.05, 3.63) is 54.6 Å². The zero-order valence-electron chi connectivity index (χ0n) is 16.0. The summed E-state index contributed by atoms with van der Waals surface area (Å²) in [6, 6.07) is 16.1. The smallest absolute Gasteiger partial charge is 0.306 e. The van der Waals surface area contributed by atoms with Gasteiger partial charge in [0.15, 0.2) is 15.9 Å². The van der Waals surface area contributed by atoms with E-state index in [0.717, 1.165) is 0 Å². The second-order valence-corrected chi connectivity index (χ2v) is 9.26. The molecular formula is C21H23NO6S. The number of ether oxygens (including phenoxy) is 2. The van der Waals surface area contributed by atoms with E-state index in [-0.39, 0.29) is 23.8 Å². The van der Waals surface area contributed by atoms with Crippen LogP contribution in [0, 0.1) is 5.92 Å². The van der Waals surface area contributed by atoms with Crippen LogP contribution < -0.4 is 10.1 Å². The fraction of sp³-hybridized carbons (Fsp3) is 0.333. The maximum absolute atomic E-state index is 12.2. The van der Waals surface area contributed by atoms with E-state index in [1.165, 1.54) is 6.92 Å². The van der Waals surface area contributed by atoms with Gasteiger partial charge in [0, 0.05) is 12.1 Å². The minimum atomic E-state index is -3.05. The lowest BCUT2D eigenvalue weighted by atomic mass is 10.1.